The number of carbonyl (C=O) groups is 3. The van der Waals surface area contributed by atoms with Crippen molar-refractivity contribution in [2.24, 2.45) is 0 Å². The minimum absolute atomic E-state index is 0.186. The highest BCUT2D eigenvalue weighted by Gasteiger charge is 2.42. The van der Waals surface area contributed by atoms with Gasteiger partial charge in [-0.3, -0.25) is 19.5 Å². The first-order valence-electron chi connectivity index (χ1n) is 8.93. The summed E-state index contributed by atoms with van der Waals surface area (Å²) in [4.78, 5) is 44.5. The highest BCUT2D eigenvalue weighted by Crippen LogP contribution is 2.27. The molecule has 0 N–H and O–H groups in total. The zero-order valence-corrected chi connectivity index (χ0v) is 14.7. The smallest absolute Gasteiger partial charge is 0.410 e. The van der Waals surface area contributed by atoms with Crippen molar-refractivity contribution >= 4 is 17.9 Å². The summed E-state index contributed by atoms with van der Waals surface area (Å²) >= 11 is 0. The predicted molar refractivity (Wildman–Crippen MR) is 96.0 cm³/mol. The van der Waals surface area contributed by atoms with Crippen LogP contribution in [0.5, 0.6) is 0 Å². The molecular weight excluding hydrogens is 346 g/mol. The largest absolute Gasteiger partial charge is 0.445 e. The molecule has 0 bridgehead atoms. The van der Waals surface area contributed by atoms with Gasteiger partial charge in [-0.25, -0.2) is 4.79 Å². The van der Waals surface area contributed by atoms with Crippen molar-refractivity contribution in [1.82, 2.24) is 14.8 Å². The van der Waals surface area contributed by atoms with E-state index in [0.717, 1.165) is 5.56 Å². The van der Waals surface area contributed by atoms with Gasteiger partial charge in [-0.05, 0) is 30.5 Å². The Labute approximate surface area is 156 Å². The fraction of sp³-hybridized carbons (Fsp3) is 0.300. The Morgan fingerprint density at radius 2 is 1.93 bits per heavy atom. The molecule has 1 saturated heterocycles. The molecule has 3 heterocycles. The Hall–Kier alpha value is -3.22. The molecule has 3 amide bonds. The van der Waals surface area contributed by atoms with Crippen LogP contribution in [0.1, 0.15) is 39.3 Å². The van der Waals surface area contributed by atoms with Gasteiger partial charge < -0.3 is 9.64 Å². The first-order chi connectivity index (χ1) is 13.1. The van der Waals surface area contributed by atoms with Crippen molar-refractivity contribution in [3.63, 3.8) is 0 Å². The molecule has 1 aromatic heterocycles. The lowest BCUT2D eigenvalue weighted by atomic mass is 10.0. The maximum absolute atomic E-state index is 12.6. The first kappa shape index (κ1) is 17.2. The van der Waals surface area contributed by atoms with E-state index >= 15 is 0 Å². The monoisotopic (exact) mass is 365 g/mol. The minimum Gasteiger partial charge on any atom is -0.445 e. The topological polar surface area (TPSA) is 79.8 Å². The van der Waals surface area contributed by atoms with Crippen molar-refractivity contribution in [2.75, 3.05) is 13.1 Å². The number of aromatic nitrogens is 1. The zero-order valence-electron chi connectivity index (χ0n) is 14.7. The number of rotatable bonds is 3. The van der Waals surface area contributed by atoms with E-state index in [4.69, 9.17) is 4.74 Å². The summed E-state index contributed by atoms with van der Waals surface area (Å²) in [6, 6.07) is 12.3. The van der Waals surface area contributed by atoms with Crippen LogP contribution < -0.4 is 0 Å². The molecular formula is C20H19N3O4. The maximum atomic E-state index is 12.6. The molecule has 138 valence electrons. The van der Waals surface area contributed by atoms with E-state index in [1.807, 2.05) is 30.3 Å². The van der Waals surface area contributed by atoms with Gasteiger partial charge in [0.1, 0.15) is 12.3 Å². The summed E-state index contributed by atoms with van der Waals surface area (Å²) < 4.78 is 5.38. The van der Waals surface area contributed by atoms with Gasteiger partial charge in [-0.1, -0.05) is 30.3 Å². The number of hydrogen-bond donors (Lipinski definition) is 0. The molecule has 2 aromatic rings. The number of likely N-dealkylation sites (tertiary alicyclic amines) is 1. The number of ether oxygens (including phenoxy) is 1. The number of amides is 3. The molecule has 7 nitrogen and oxygen atoms in total. The SMILES string of the molecule is O=C(OCc1ccccc1)N1CCC[C@H](N2C(=O)c3cccnc3C2=O)C1. The average molecular weight is 365 g/mol. The second-order valence-electron chi connectivity index (χ2n) is 6.66. The molecule has 1 fully saturated rings. The molecule has 27 heavy (non-hydrogen) atoms. The first-order valence-corrected chi connectivity index (χ1v) is 8.93. The summed E-state index contributed by atoms with van der Waals surface area (Å²) in [5.41, 5.74) is 1.42. The summed E-state index contributed by atoms with van der Waals surface area (Å²) in [5, 5.41) is 0. The highest BCUT2D eigenvalue weighted by molar-refractivity contribution is 6.20. The van der Waals surface area contributed by atoms with Crippen LogP contribution in [-0.2, 0) is 11.3 Å². The quantitative estimate of drug-likeness (QED) is 0.781. The molecule has 0 saturated carbocycles. The van der Waals surface area contributed by atoms with E-state index in [0.29, 0.717) is 24.9 Å². The van der Waals surface area contributed by atoms with E-state index in [2.05, 4.69) is 4.98 Å². The molecule has 1 aromatic carbocycles. The van der Waals surface area contributed by atoms with Crippen LogP contribution in [0, 0.1) is 0 Å². The Balaban J connectivity index is 1.42. The average Bonchev–Trinajstić information content (AvgIpc) is 2.98. The van der Waals surface area contributed by atoms with Crippen molar-refractivity contribution in [3.8, 4) is 0 Å². The molecule has 0 aliphatic carbocycles. The van der Waals surface area contributed by atoms with Gasteiger partial charge in [-0.2, -0.15) is 0 Å². The lowest BCUT2D eigenvalue weighted by Crippen LogP contribution is -2.51. The lowest BCUT2D eigenvalue weighted by molar-refractivity contribution is 0.0424. The van der Waals surface area contributed by atoms with Crippen LogP contribution in [0.15, 0.2) is 48.7 Å². The molecule has 2 aliphatic rings. The highest BCUT2D eigenvalue weighted by atomic mass is 16.6. The third-order valence-corrected chi connectivity index (χ3v) is 4.90. The van der Waals surface area contributed by atoms with Gasteiger partial charge >= 0.3 is 6.09 Å². The van der Waals surface area contributed by atoms with Gasteiger partial charge in [0, 0.05) is 19.3 Å². The van der Waals surface area contributed by atoms with Crippen molar-refractivity contribution in [1.29, 1.82) is 0 Å². The van der Waals surface area contributed by atoms with Crippen LogP contribution >= 0.6 is 0 Å². The molecule has 0 spiro atoms. The molecule has 4 rings (SSSR count). The summed E-state index contributed by atoms with van der Waals surface area (Å²) in [7, 11) is 0. The van der Waals surface area contributed by atoms with Crippen LogP contribution in [0.3, 0.4) is 0 Å². The van der Waals surface area contributed by atoms with Gasteiger partial charge in [0.25, 0.3) is 11.8 Å². The number of pyridine rings is 1. The van der Waals surface area contributed by atoms with E-state index in [1.165, 1.54) is 11.1 Å². The summed E-state index contributed by atoms with van der Waals surface area (Å²) in [6.45, 7) is 1.02. The Morgan fingerprint density at radius 3 is 2.70 bits per heavy atom. The van der Waals surface area contributed by atoms with Crippen LogP contribution in [0.2, 0.25) is 0 Å². The van der Waals surface area contributed by atoms with Gasteiger partial charge in [0.2, 0.25) is 0 Å². The van der Waals surface area contributed by atoms with Gasteiger partial charge in [0.05, 0.1) is 11.6 Å². The van der Waals surface area contributed by atoms with Crippen molar-refractivity contribution in [2.45, 2.75) is 25.5 Å². The number of benzene rings is 1. The van der Waals surface area contributed by atoms with Crippen LogP contribution in [-0.4, -0.2) is 51.8 Å². The third-order valence-electron chi connectivity index (χ3n) is 4.90. The second-order valence-corrected chi connectivity index (χ2v) is 6.66. The minimum atomic E-state index is -0.432. The number of piperidine rings is 1. The molecule has 0 unspecified atom stereocenters. The summed E-state index contributed by atoms with van der Waals surface area (Å²) in [6.07, 6.45) is 2.43. The van der Waals surface area contributed by atoms with Crippen molar-refractivity contribution < 1.29 is 19.1 Å². The van der Waals surface area contributed by atoms with E-state index < -0.39 is 6.09 Å². The van der Waals surface area contributed by atoms with E-state index in [1.54, 1.807) is 17.0 Å². The van der Waals surface area contributed by atoms with Crippen LogP contribution in [0.25, 0.3) is 0 Å². The van der Waals surface area contributed by atoms with E-state index in [-0.39, 0.29) is 36.7 Å². The van der Waals surface area contributed by atoms with E-state index in [9.17, 15) is 14.4 Å². The van der Waals surface area contributed by atoms with Crippen LogP contribution in [0.4, 0.5) is 4.79 Å². The Morgan fingerprint density at radius 1 is 1.11 bits per heavy atom. The second kappa shape index (κ2) is 7.19. The molecule has 7 heteroatoms. The van der Waals surface area contributed by atoms with Gasteiger partial charge in [0.15, 0.2) is 0 Å². The fourth-order valence-corrected chi connectivity index (χ4v) is 3.56. The number of fused-ring (bicyclic) bond motifs is 1. The summed E-state index contributed by atoms with van der Waals surface area (Å²) in [5.74, 6) is -0.729. The van der Waals surface area contributed by atoms with Crippen molar-refractivity contribution in [3.05, 3.63) is 65.5 Å². The predicted octanol–water partition coefficient (Wildman–Crippen LogP) is 2.48. The lowest BCUT2D eigenvalue weighted by Gasteiger charge is -2.35. The maximum Gasteiger partial charge on any atom is 0.410 e. The molecule has 1 atom stereocenters. The molecule has 0 radical (unpaired) electrons. The number of carbonyl (C=O) groups excluding carboxylic acids is 3. The number of hydrogen-bond acceptors (Lipinski definition) is 5. The third kappa shape index (κ3) is 3.28. The molecule has 2 aliphatic heterocycles. The zero-order chi connectivity index (χ0) is 18.8. The standard InChI is InChI=1S/C20H19N3O4/c24-18-16-9-4-10-21-17(16)19(25)23(18)15-8-5-11-22(12-15)20(26)27-13-14-6-2-1-3-7-14/h1-4,6-7,9-10,15H,5,8,11-13H2/t15-/m0/s1. The van der Waals surface area contributed by atoms with Gasteiger partial charge in [-0.15, -0.1) is 0 Å². The number of nitrogens with zero attached hydrogens (tertiary/aromatic N) is 3. The fourth-order valence-electron chi connectivity index (χ4n) is 3.56. The Bertz CT molecular complexity index is 849. The Kier molecular flexibility index (Phi) is 4.58. The normalized spacial score (nSPS) is 19.2. The number of imide groups is 1.